The Morgan fingerprint density at radius 2 is 1.38 bits per heavy atom. The monoisotopic (exact) mass is 531 g/mol. The van der Waals surface area contributed by atoms with E-state index in [4.69, 9.17) is 23.6 Å². The summed E-state index contributed by atoms with van der Waals surface area (Å²) in [6.45, 7) is 4.44. The van der Waals surface area contributed by atoms with E-state index in [2.05, 4.69) is 53.6 Å². The minimum atomic E-state index is -0.450. The first-order valence-corrected chi connectivity index (χ1v) is 12.0. The van der Waals surface area contributed by atoms with Gasteiger partial charge < -0.3 is 9.73 Å². The van der Waals surface area contributed by atoms with Gasteiger partial charge >= 0.3 is 18.3 Å². The largest absolute Gasteiger partial charge is 0.400 e. The Balaban J connectivity index is 0.000000815. The van der Waals surface area contributed by atoms with Crippen molar-refractivity contribution < 1.29 is 32.8 Å². The molecule has 0 radical (unpaired) electrons. The summed E-state index contributed by atoms with van der Waals surface area (Å²) in [5.41, 5.74) is 4.65. The van der Waals surface area contributed by atoms with Crippen molar-refractivity contribution in [2.75, 3.05) is 5.32 Å². The van der Waals surface area contributed by atoms with E-state index in [1.165, 1.54) is 11.6 Å². The molecule has 0 saturated carbocycles. The summed E-state index contributed by atoms with van der Waals surface area (Å²) in [5.74, 6) is -0.269. The Hall–Kier alpha value is -5.04. The normalized spacial score (nSPS) is 9.74. The molecule has 0 aliphatic rings. The topological polar surface area (TPSA) is 136 Å². The highest BCUT2D eigenvalue weighted by Crippen LogP contribution is 2.27. The molecule has 200 valence electrons. The van der Waals surface area contributed by atoms with Crippen LogP contribution >= 0.6 is 0 Å². The van der Waals surface area contributed by atoms with Gasteiger partial charge in [0.1, 0.15) is 5.82 Å². The van der Waals surface area contributed by atoms with Crippen LogP contribution in [-0.4, -0.2) is 28.3 Å². The van der Waals surface area contributed by atoms with Crippen molar-refractivity contribution in [3.63, 3.8) is 0 Å². The summed E-state index contributed by atoms with van der Waals surface area (Å²) < 4.78 is 19.1. The molecule has 39 heavy (non-hydrogen) atoms. The molecular weight excluding hydrogens is 505 g/mol. The Kier molecular flexibility index (Phi) is 12.3. The van der Waals surface area contributed by atoms with Gasteiger partial charge in [0.2, 0.25) is 5.78 Å². The van der Waals surface area contributed by atoms with E-state index in [1.54, 1.807) is 18.2 Å². The van der Waals surface area contributed by atoms with Crippen molar-refractivity contribution in [3.8, 4) is 11.1 Å². The molecule has 1 heterocycles. The maximum atomic E-state index is 13.8. The second kappa shape index (κ2) is 15.9. The van der Waals surface area contributed by atoms with Crippen LogP contribution in [0.5, 0.6) is 0 Å². The van der Waals surface area contributed by atoms with E-state index >= 15 is 0 Å². The van der Waals surface area contributed by atoms with Crippen molar-refractivity contribution in [1.82, 2.24) is 10.2 Å². The minimum Gasteiger partial charge on any atom is -0.400 e. The number of aromatic nitrogens is 2. The molecular formula is C29H26FN3O6. The van der Waals surface area contributed by atoms with E-state index in [0.717, 1.165) is 29.5 Å². The van der Waals surface area contributed by atoms with Gasteiger partial charge in [-0.2, -0.15) is 19.2 Å². The summed E-state index contributed by atoms with van der Waals surface area (Å²) >= 11 is 0. The lowest BCUT2D eigenvalue weighted by Crippen LogP contribution is -2.04. The summed E-state index contributed by atoms with van der Waals surface area (Å²) in [6, 6.07) is 22.7. The first-order chi connectivity index (χ1) is 18.9. The molecule has 1 aromatic heterocycles. The Bertz CT molecular complexity index is 1390. The molecule has 0 aliphatic carbocycles. The maximum absolute atomic E-state index is 13.8. The number of carbonyl (C=O) groups is 1. The zero-order chi connectivity index (χ0) is 28.6. The quantitative estimate of drug-likeness (QED) is 0.266. The number of nitrogens with zero attached hydrogens (tertiary/aromatic N) is 2. The highest BCUT2D eigenvalue weighted by atomic mass is 19.1. The van der Waals surface area contributed by atoms with Crippen molar-refractivity contribution >= 4 is 29.8 Å². The summed E-state index contributed by atoms with van der Waals surface area (Å²) in [7, 11) is 0. The fourth-order valence-electron chi connectivity index (χ4n) is 3.85. The highest BCUT2D eigenvalue weighted by Gasteiger charge is 2.16. The standard InChI is InChI=1S/C27H26FN3O2.2CO2/c1-3-19(4-2)20-13-15-22(16-14-20)21-11-9-18(10-12-21)17-25(32)26-30-31-27(33-26)29-24-8-6-5-7-23(24)28;2*2-1-3/h5-16,19H,3-4,17H2,1-2H3,(H,29,31);;. The molecule has 10 heteroatoms. The average Bonchev–Trinajstić information content (AvgIpc) is 3.41. The van der Waals surface area contributed by atoms with Crippen LogP contribution in [-0.2, 0) is 25.6 Å². The maximum Gasteiger partial charge on any atom is 0.373 e. The number of Topliss-reactive ketones (excluding diaryl/α,β-unsaturated/α-hetero) is 1. The predicted molar refractivity (Wildman–Crippen MR) is 137 cm³/mol. The summed E-state index contributed by atoms with van der Waals surface area (Å²) in [5, 5.41) is 10.3. The van der Waals surface area contributed by atoms with Crippen LogP contribution < -0.4 is 5.32 Å². The van der Waals surface area contributed by atoms with Gasteiger partial charge in [-0.25, -0.2) is 4.39 Å². The van der Waals surface area contributed by atoms with E-state index < -0.39 is 5.82 Å². The first kappa shape index (κ1) is 30.2. The minimum absolute atomic E-state index is 0.0318. The molecule has 4 aromatic rings. The van der Waals surface area contributed by atoms with Crippen LogP contribution in [0.4, 0.5) is 16.1 Å². The van der Waals surface area contributed by atoms with Crippen LogP contribution in [0, 0.1) is 5.82 Å². The second-order valence-corrected chi connectivity index (χ2v) is 8.12. The zero-order valence-corrected chi connectivity index (χ0v) is 21.3. The van der Waals surface area contributed by atoms with Gasteiger partial charge in [-0.15, -0.1) is 5.10 Å². The zero-order valence-electron chi connectivity index (χ0n) is 21.3. The lowest BCUT2D eigenvalue weighted by atomic mass is 9.92. The lowest BCUT2D eigenvalue weighted by molar-refractivity contribution is -0.193. The van der Waals surface area contributed by atoms with Gasteiger partial charge in [0.15, 0.2) is 0 Å². The molecule has 0 aliphatic heterocycles. The number of anilines is 2. The number of ketones is 1. The van der Waals surface area contributed by atoms with E-state index in [9.17, 15) is 9.18 Å². The van der Waals surface area contributed by atoms with Gasteiger partial charge in [-0.1, -0.05) is 79.6 Å². The van der Waals surface area contributed by atoms with E-state index in [-0.39, 0.29) is 42.1 Å². The Labute approximate surface area is 224 Å². The van der Waals surface area contributed by atoms with Crippen molar-refractivity contribution in [1.29, 1.82) is 0 Å². The first-order valence-electron chi connectivity index (χ1n) is 12.0. The molecule has 9 nitrogen and oxygen atoms in total. The van der Waals surface area contributed by atoms with Crippen LogP contribution in [0.1, 0.15) is 54.4 Å². The molecule has 1 N–H and O–H groups in total. The molecule has 0 spiro atoms. The molecule has 0 saturated heterocycles. The van der Waals surface area contributed by atoms with Gasteiger partial charge in [-0.05, 0) is 53.1 Å². The second-order valence-electron chi connectivity index (χ2n) is 8.12. The third kappa shape index (κ3) is 9.09. The number of rotatable bonds is 9. The van der Waals surface area contributed by atoms with Crippen molar-refractivity contribution in [2.24, 2.45) is 0 Å². The third-order valence-electron chi connectivity index (χ3n) is 5.80. The fourth-order valence-corrected chi connectivity index (χ4v) is 3.85. The van der Waals surface area contributed by atoms with Crippen LogP contribution in [0.15, 0.2) is 77.2 Å². The van der Waals surface area contributed by atoms with Crippen LogP contribution in [0.2, 0.25) is 0 Å². The number of halogens is 1. The number of hydrogen-bond donors (Lipinski definition) is 1. The summed E-state index contributed by atoms with van der Waals surface area (Å²) in [6.07, 6.45) is 2.91. The molecule has 0 unspecified atom stereocenters. The number of para-hydroxylation sites is 1. The van der Waals surface area contributed by atoms with E-state index in [0.29, 0.717) is 5.92 Å². The van der Waals surface area contributed by atoms with E-state index in [1.807, 2.05) is 24.3 Å². The highest BCUT2D eigenvalue weighted by molar-refractivity contribution is 5.93. The summed E-state index contributed by atoms with van der Waals surface area (Å²) in [4.78, 5) is 45.1. The van der Waals surface area contributed by atoms with Crippen LogP contribution in [0.3, 0.4) is 0 Å². The van der Waals surface area contributed by atoms with Crippen molar-refractivity contribution in [2.45, 2.75) is 39.0 Å². The van der Waals surface area contributed by atoms with Gasteiger partial charge in [0.05, 0.1) is 5.69 Å². The Morgan fingerprint density at radius 3 is 1.92 bits per heavy atom. The van der Waals surface area contributed by atoms with Gasteiger partial charge in [-0.3, -0.25) is 4.79 Å². The number of hydrogen-bond acceptors (Lipinski definition) is 9. The number of nitrogens with one attached hydrogen (secondary N) is 1. The van der Waals surface area contributed by atoms with Gasteiger partial charge in [0, 0.05) is 6.42 Å². The van der Waals surface area contributed by atoms with Gasteiger partial charge in [0.25, 0.3) is 5.89 Å². The molecule has 0 fully saturated rings. The molecule has 0 amide bonds. The SMILES string of the molecule is CCC(CC)c1ccc(-c2ccc(CC(=O)c3nnc(Nc4ccccc4F)o3)cc2)cc1.O=C=O.O=C=O. The molecule has 0 atom stereocenters. The molecule has 3 aromatic carbocycles. The smallest absolute Gasteiger partial charge is 0.373 e. The van der Waals surface area contributed by atoms with Crippen molar-refractivity contribution in [3.05, 3.63) is 95.6 Å². The predicted octanol–water partition coefficient (Wildman–Crippen LogP) is 5.78. The fraction of sp³-hybridized carbons (Fsp3) is 0.207. The average molecular weight is 532 g/mol. The third-order valence-corrected chi connectivity index (χ3v) is 5.80. The van der Waals surface area contributed by atoms with Crippen LogP contribution in [0.25, 0.3) is 11.1 Å². The Morgan fingerprint density at radius 1 is 0.846 bits per heavy atom. The number of benzene rings is 3. The molecule has 4 rings (SSSR count). The lowest BCUT2D eigenvalue weighted by Gasteiger charge is -2.13. The molecule has 0 bridgehead atoms. The number of carbonyl (C=O) groups excluding carboxylic acids is 5.